The summed E-state index contributed by atoms with van der Waals surface area (Å²) in [6.45, 7) is 9.45. The van der Waals surface area contributed by atoms with Gasteiger partial charge >= 0.3 is 0 Å². The monoisotopic (exact) mass is 233 g/mol. The number of hydrogen-bond donors (Lipinski definition) is 1. The van der Waals surface area contributed by atoms with Gasteiger partial charge in [-0.05, 0) is 24.9 Å². The molecule has 0 aliphatic heterocycles. The minimum atomic E-state index is 0.704. The first kappa shape index (κ1) is 13.9. The lowest BCUT2D eigenvalue weighted by molar-refractivity contribution is 0.151. The molecule has 0 heterocycles. The first-order valence-corrected chi connectivity index (χ1v) is 6.32. The largest absolute Gasteiger partial charge is 0.377 e. The highest BCUT2D eigenvalue weighted by Gasteiger charge is 1.93. The summed E-state index contributed by atoms with van der Waals surface area (Å²) in [6, 6.07) is 10.4. The van der Waals surface area contributed by atoms with Crippen LogP contribution < -0.4 is 5.32 Å². The number of ether oxygens (including phenoxy) is 1. The maximum atomic E-state index is 5.50. The third-order valence-corrected chi connectivity index (χ3v) is 2.62. The molecule has 0 aliphatic rings. The van der Waals surface area contributed by atoms with E-state index in [0.717, 1.165) is 32.5 Å². The minimum Gasteiger partial charge on any atom is -0.377 e. The van der Waals surface area contributed by atoms with E-state index in [4.69, 9.17) is 4.74 Å². The predicted octanol–water partition coefficient (Wildman–Crippen LogP) is 3.15. The van der Waals surface area contributed by atoms with Crippen LogP contribution in [0.2, 0.25) is 0 Å². The van der Waals surface area contributed by atoms with E-state index in [9.17, 15) is 0 Å². The van der Waals surface area contributed by atoms with Crippen molar-refractivity contribution in [2.75, 3.05) is 19.8 Å². The van der Waals surface area contributed by atoms with Gasteiger partial charge < -0.3 is 10.1 Å². The molecule has 1 N–H and O–H groups in total. The van der Waals surface area contributed by atoms with E-state index in [0.29, 0.717) is 6.61 Å². The van der Waals surface area contributed by atoms with Gasteiger partial charge in [0.25, 0.3) is 0 Å². The highest BCUT2D eigenvalue weighted by atomic mass is 16.5. The number of benzene rings is 1. The van der Waals surface area contributed by atoms with Gasteiger partial charge in [-0.1, -0.05) is 49.4 Å². The maximum absolute atomic E-state index is 5.50. The quantitative estimate of drug-likeness (QED) is 0.522. The summed E-state index contributed by atoms with van der Waals surface area (Å²) in [4.78, 5) is 0. The molecule has 0 amide bonds. The minimum absolute atomic E-state index is 0.704. The third kappa shape index (κ3) is 6.93. The fourth-order valence-electron chi connectivity index (χ4n) is 1.45. The van der Waals surface area contributed by atoms with Gasteiger partial charge in [0.2, 0.25) is 0 Å². The molecule has 0 saturated carbocycles. The molecule has 1 rings (SSSR count). The summed E-state index contributed by atoms with van der Waals surface area (Å²) >= 11 is 0. The molecule has 17 heavy (non-hydrogen) atoms. The van der Waals surface area contributed by atoms with Crippen LogP contribution in [-0.4, -0.2) is 19.8 Å². The summed E-state index contributed by atoms with van der Waals surface area (Å²) in [5.74, 6) is 0. The Morgan fingerprint density at radius 2 is 2.06 bits per heavy atom. The highest BCUT2D eigenvalue weighted by molar-refractivity contribution is 5.14. The van der Waals surface area contributed by atoms with Crippen molar-refractivity contribution in [3.63, 3.8) is 0 Å². The molecule has 0 aromatic heterocycles. The fourth-order valence-corrected chi connectivity index (χ4v) is 1.45. The molecule has 1 aromatic rings. The molecule has 0 atom stereocenters. The second-order valence-corrected chi connectivity index (χ2v) is 4.17. The van der Waals surface area contributed by atoms with Crippen LogP contribution >= 0.6 is 0 Å². The molecule has 0 radical (unpaired) electrons. The Morgan fingerprint density at radius 1 is 1.29 bits per heavy atom. The molecule has 0 bridgehead atoms. The van der Waals surface area contributed by atoms with Gasteiger partial charge in [0, 0.05) is 13.2 Å². The lowest BCUT2D eigenvalue weighted by Gasteiger charge is -2.06. The average Bonchev–Trinajstić information content (AvgIpc) is 2.38. The molecular weight excluding hydrogens is 210 g/mol. The van der Waals surface area contributed by atoms with Crippen LogP contribution in [0.3, 0.4) is 0 Å². The summed E-state index contributed by atoms with van der Waals surface area (Å²) in [6.07, 6.45) is 2.05. The normalized spacial score (nSPS) is 10.4. The Bertz CT molecular complexity index is 308. The maximum Gasteiger partial charge on any atom is 0.0674 e. The first-order chi connectivity index (χ1) is 8.33. The molecule has 1 aromatic carbocycles. The van der Waals surface area contributed by atoms with E-state index in [1.807, 2.05) is 6.07 Å². The Labute approximate surface area is 105 Å². The Hall–Kier alpha value is -1.12. The molecule has 2 nitrogen and oxygen atoms in total. The van der Waals surface area contributed by atoms with E-state index in [-0.39, 0.29) is 0 Å². The van der Waals surface area contributed by atoms with Crippen LogP contribution in [-0.2, 0) is 11.3 Å². The molecule has 0 aliphatic carbocycles. The molecule has 0 spiro atoms. The molecular formula is C15H23NO. The van der Waals surface area contributed by atoms with Crippen LogP contribution in [0.15, 0.2) is 42.5 Å². The van der Waals surface area contributed by atoms with Crippen molar-refractivity contribution in [3.05, 3.63) is 48.0 Å². The molecule has 2 heteroatoms. The number of rotatable bonds is 9. The van der Waals surface area contributed by atoms with Crippen molar-refractivity contribution in [2.24, 2.45) is 0 Å². The van der Waals surface area contributed by atoms with Gasteiger partial charge in [0.1, 0.15) is 0 Å². The lowest BCUT2D eigenvalue weighted by Crippen LogP contribution is -2.16. The van der Waals surface area contributed by atoms with Gasteiger partial charge in [-0.15, -0.1) is 0 Å². The van der Waals surface area contributed by atoms with Crippen LogP contribution in [0.25, 0.3) is 0 Å². The smallest absolute Gasteiger partial charge is 0.0674 e. The number of nitrogens with one attached hydrogen (secondary N) is 1. The lowest BCUT2D eigenvalue weighted by atomic mass is 10.2. The van der Waals surface area contributed by atoms with Crippen LogP contribution in [0, 0.1) is 0 Å². The van der Waals surface area contributed by atoms with Gasteiger partial charge in [0.05, 0.1) is 6.61 Å². The van der Waals surface area contributed by atoms with E-state index in [1.165, 1.54) is 11.1 Å². The van der Waals surface area contributed by atoms with E-state index >= 15 is 0 Å². The molecule has 0 fully saturated rings. The summed E-state index contributed by atoms with van der Waals surface area (Å²) < 4.78 is 5.50. The van der Waals surface area contributed by atoms with E-state index < -0.39 is 0 Å². The van der Waals surface area contributed by atoms with Crippen LogP contribution in [0.1, 0.15) is 25.3 Å². The van der Waals surface area contributed by atoms with Crippen molar-refractivity contribution >= 4 is 0 Å². The topological polar surface area (TPSA) is 21.3 Å². The van der Waals surface area contributed by atoms with Crippen molar-refractivity contribution in [3.8, 4) is 0 Å². The molecule has 94 valence electrons. The SMILES string of the molecule is C=C(CC)COCCCNCc1ccccc1. The number of hydrogen-bond acceptors (Lipinski definition) is 2. The van der Waals surface area contributed by atoms with Crippen molar-refractivity contribution in [1.82, 2.24) is 5.32 Å². The Balaban J connectivity index is 1.93. The fraction of sp³-hybridized carbons (Fsp3) is 0.467. The summed E-state index contributed by atoms with van der Waals surface area (Å²) in [5.41, 5.74) is 2.50. The highest BCUT2D eigenvalue weighted by Crippen LogP contribution is 1.98. The molecule has 0 unspecified atom stereocenters. The first-order valence-electron chi connectivity index (χ1n) is 6.32. The van der Waals surface area contributed by atoms with Gasteiger partial charge in [-0.3, -0.25) is 0 Å². The standard InChI is InChI=1S/C15H23NO/c1-3-14(2)13-17-11-7-10-16-12-15-8-5-4-6-9-15/h4-6,8-9,16H,2-3,7,10-13H2,1H3. The summed E-state index contributed by atoms with van der Waals surface area (Å²) in [7, 11) is 0. The predicted molar refractivity (Wildman–Crippen MR) is 73.0 cm³/mol. The van der Waals surface area contributed by atoms with Crippen LogP contribution in [0.5, 0.6) is 0 Å². The van der Waals surface area contributed by atoms with Gasteiger partial charge in [-0.2, -0.15) is 0 Å². The molecule has 0 saturated heterocycles. The summed E-state index contributed by atoms with van der Waals surface area (Å²) in [5, 5.41) is 3.40. The van der Waals surface area contributed by atoms with Crippen molar-refractivity contribution in [1.29, 1.82) is 0 Å². The van der Waals surface area contributed by atoms with Crippen LogP contribution in [0.4, 0.5) is 0 Å². The van der Waals surface area contributed by atoms with Crippen molar-refractivity contribution < 1.29 is 4.74 Å². The second kappa shape index (κ2) is 8.97. The zero-order valence-electron chi connectivity index (χ0n) is 10.7. The second-order valence-electron chi connectivity index (χ2n) is 4.17. The van der Waals surface area contributed by atoms with Crippen molar-refractivity contribution in [2.45, 2.75) is 26.3 Å². The van der Waals surface area contributed by atoms with E-state index in [1.54, 1.807) is 0 Å². The van der Waals surface area contributed by atoms with Gasteiger partial charge in [-0.25, -0.2) is 0 Å². The zero-order valence-corrected chi connectivity index (χ0v) is 10.7. The van der Waals surface area contributed by atoms with Gasteiger partial charge in [0.15, 0.2) is 0 Å². The Kier molecular flexibility index (Phi) is 7.35. The third-order valence-electron chi connectivity index (χ3n) is 2.62. The average molecular weight is 233 g/mol. The zero-order chi connectivity index (χ0) is 12.3. The Morgan fingerprint density at radius 3 is 2.76 bits per heavy atom. The van der Waals surface area contributed by atoms with E-state index in [2.05, 4.69) is 43.1 Å².